The monoisotopic (exact) mass is 333 g/mol. The number of hydrogen-bond donors (Lipinski definition) is 1. The lowest BCUT2D eigenvalue weighted by Gasteiger charge is -2.06. The van der Waals surface area contributed by atoms with Gasteiger partial charge >= 0.3 is 0 Å². The summed E-state index contributed by atoms with van der Waals surface area (Å²) >= 11 is 3.24. The first kappa shape index (κ1) is 13.0. The minimum atomic E-state index is -0.107. The molecule has 0 aliphatic heterocycles. The smallest absolute Gasteiger partial charge is 0.199 e. The van der Waals surface area contributed by atoms with Crippen molar-refractivity contribution in [3.8, 4) is 5.75 Å². The maximum Gasteiger partial charge on any atom is 0.199 e. The summed E-state index contributed by atoms with van der Waals surface area (Å²) in [6.45, 7) is 2.47. The van der Waals surface area contributed by atoms with Crippen LogP contribution in [-0.2, 0) is 0 Å². The van der Waals surface area contributed by atoms with E-state index in [2.05, 4.69) is 20.9 Å². The van der Waals surface area contributed by atoms with Crippen molar-refractivity contribution in [3.05, 3.63) is 52.5 Å². The van der Waals surface area contributed by atoms with E-state index >= 15 is 0 Å². The second-order valence-corrected chi connectivity index (χ2v) is 4.97. The van der Waals surface area contributed by atoms with E-state index in [0.717, 1.165) is 10.9 Å². The molecule has 2 heterocycles. The highest BCUT2D eigenvalue weighted by molar-refractivity contribution is 9.10. The van der Waals surface area contributed by atoms with Crippen LogP contribution in [0.15, 0.2) is 45.8 Å². The van der Waals surface area contributed by atoms with E-state index in [0.29, 0.717) is 28.2 Å². The Hall–Kier alpha value is -2.01. The normalized spacial score (nSPS) is 10.9. The molecule has 0 amide bonds. The molecule has 2 aromatic heterocycles. The zero-order valence-electron chi connectivity index (χ0n) is 10.8. The Morgan fingerprint density at radius 3 is 2.90 bits per heavy atom. The van der Waals surface area contributed by atoms with Crippen molar-refractivity contribution >= 4 is 32.6 Å². The summed E-state index contributed by atoms with van der Waals surface area (Å²) in [6, 6.07) is 7.32. The first-order valence-corrected chi connectivity index (χ1v) is 7.02. The molecule has 0 unspecified atom stereocenters. The molecule has 3 rings (SSSR count). The van der Waals surface area contributed by atoms with Gasteiger partial charge in [-0.15, -0.1) is 0 Å². The third-order valence-corrected chi connectivity index (χ3v) is 3.69. The summed E-state index contributed by atoms with van der Waals surface area (Å²) in [7, 11) is 0. The Morgan fingerprint density at radius 1 is 1.35 bits per heavy atom. The zero-order valence-corrected chi connectivity index (χ0v) is 12.4. The Labute approximate surface area is 123 Å². The summed E-state index contributed by atoms with van der Waals surface area (Å²) in [5.41, 5.74) is 1.95. The topological polar surface area (TPSA) is 55.2 Å². The molecular formula is C15H12BrNO3. The maximum absolute atomic E-state index is 12.6. The van der Waals surface area contributed by atoms with Crippen molar-refractivity contribution in [1.82, 2.24) is 4.98 Å². The summed E-state index contributed by atoms with van der Waals surface area (Å²) in [4.78, 5) is 15.7. The van der Waals surface area contributed by atoms with E-state index in [1.54, 1.807) is 12.3 Å². The zero-order chi connectivity index (χ0) is 14.1. The number of nitrogens with one attached hydrogen (secondary N) is 1. The van der Waals surface area contributed by atoms with E-state index in [-0.39, 0.29) is 5.78 Å². The highest BCUT2D eigenvalue weighted by atomic mass is 79.9. The van der Waals surface area contributed by atoms with Crippen LogP contribution in [0.25, 0.3) is 10.9 Å². The maximum atomic E-state index is 12.6. The number of fused-ring (bicyclic) bond motifs is 1. The number of aromatic nitrogens is 1. The second-order valence-electron chi connectivity index (χ2n) is 4.25. The molecular weight excluding hydrogens is 322 g/mol. The number of furan rings is 1. The number of hydrogen-bond acceptors (Lipinski definition) is 3. The summed E-state index contributed by atoms with van der Waals surface area (Å²) < 4.78 is 11.2. The number of carbonyl (C=O) groups excluding carboxylic acids is 1. The number of aromatic amines is 1. The summed E-state index contributed by atoms with van der Waals surface area (Å²) in [5.74, 6) is 0.596. The molecule has 0 saturated carbocycles. The highest BCUT2D eigenvalue weighted by Gasteiger charge is 2.20. The van der Waals surface area contributed by atoms with Crippen LogP contribution in [0.3, 0.4) is 0 Å². The van der Waals surface area contributed by atoms with Crippen LogP contribution in [0.4, 0.5) is 0 Å². The van der Waals surface area contributed by atoms with E-state index in [4.69, 9.17) is 9.15 Å². The fraction of sp³-hybridized carbons (Fsp3) is 0.133. The van der Waals surface area contributed by atoms with Gasteiger partial charge in [-0.2, -0.15) is 0 Å². The minimum Gasteiger partial charge on any atom is -0.493 e. The van der Waals surface area contributed by atoms with Crippen LogP contribution in [0.1, 0.15) is 22.8 Å². The SMILES string of the molecule is CCOc1cccc2[nH]cc(C(=O)c3ccoc3Br)c12. The van der Waals surface area contributed by atoms with Crippen LogP contribution in [-0.4, -0.2) is 17.4 Å². The Morgan fingerprint density at radius 2 is 2.20 bits per heavy atom. The average molecular weight is 334 g/mol. The van der Waals surface area contributed by atoms with Gasteiger partial charge in [-0.3, -0.25) is 4.79 Å². The number of rotatable bonds is 4. The van der Waals surface area contributed by atoms with E-state index in [1.165, 1.54) is 6.26 Å². The fourth-order valence-electron chi connectivity index (χ4n) is 2.21. The predicted octanol–water partition coefficient (Wildman–Crippen LogP) is 4.15. The quantitative estimate of drug-likeness (QED) is 0.729. The lowest BCUT2D eigenvalue weighted by atomic mass is 10.0. The van der Waals surface area contributed by atoms with Gasteiger partial charge in [0.1, 0.15) is 5.75 Å². The van der Waals surface area contributed by atoms with Crippen molar-refractivity contribution in [2.75, 3.05) is 6.61 Å². The van der Waals surface area contributed by atoms with E-state index < -0.39 is 0 Å². The molecule has 0 saturated heterocycles. The van der Waals surface area contributed by atoms with Crippen LogP contribution in [0.5, 0.6) is 5.75 Å². The van der Waals surface area contributed by atoms with Crippen LogP contribution in [0.2, 0.25) is 0 Å². The summed E-state index contributed by atoms with van der Waals surface area (Å²) in [5, 5.41) is 0.799. The van der Waals surface area contributed by atoms with Gasteiger partial charge in [-0.25, -0.2) is 0 Å². The van der Waals surface area contributed by atoms with Gasteiger partial charge in [0.15, 0.2) is 10.5 Å². The number of benzene rings is 1. The van der Waals surface area contributed by atoms with E-state index in [9.17, 15) is 4.79 Å². The predicted molar refractivity (Wildman–Crippen MR) is 79.3 cm³/mol. The third kappa shape index (κ3) is 2.04. The largest absolute Gasteiger partial charge is 0.493 e. The van der Waals surface area contributed by atoms with Gasteiger partial charge < -0.3 is 14.1 Å². The van der Waals surface area contributed by atoms with Gasteiger partial charge in [0, 0.05) is 11.7 Å². The molecule has 0 radical (unpaired) electrons. The first-order chi connectivity index (χ1) is 9.72. The molecule has 3 aromatic rings. The average Bonchev–Trinajstić information content (AvgIpc) is 3.05. The first-order valence-electron chi connectivity index (χ1n) is 6.23. The van der Waals surface area contributed by atoms with Gasteiger partial charge in [-0.05, 0) is 41.1 Å². The number of H-pyrrole nitrogens is 1. The van der Waals surface area contributed by atoms with Crippen LogP contribution >= 0.6 is 15.9 Å². The Balaban J connectivity index is 2.17. The van der Waals surface area contributed by atoms with Crippen molar-refractivity contribution in [3.63, 3.8) is 0 Å². The van der Waals surface area contributed by atoms with E-state index in [1.807, 2.05) is 25.1 Å². The Bertz CT molecular complexity index is 772. The third-order valence-electron chi connectivity index (χ3n) is 3.07. The molecule has 102 valence electrons. The molecule has 4 nitrogen and oxygen atoms in total. The summed E-state index contributed by atoms with van der Waals surface area (Å²) in [6.07, 6.45) is 3.19. The number of carbonyl (C=O) groups is 1. The van der Waals surface area contributed by atoms with Crippen LogP contribution in [0, 0.1) is 0 Å². The number of ether oxygens (including phenoxy) is 1. The fourth-order valence-corrected chi connectivity index (χ4v) is 2.63. The van der Waals surface area contributed by atoms with Gasteiger partial charge in [-0.1, -0.05) is 6.07 Å². The standard InChI is InChI=1S/C15H12BrNO3/c1-2-19-12-5-3-4-11-13(12)10(8-17-11)14(18)9-6-7-20-15(9)16/h3-8,17H,2H2,1H3. The molecule has 0 bridgehead atoms. The number of ketones is 1. The van der Waals surface area contributed by atoms with Crippen molar-refractivity contribution in [2.24, 2.45) is 0 Å². The molecule has 0 aliphatic carbocycles. The lowest BCUT2D eigenvalue weighted by Crippen LogP contribution is -2.01. The highest BCUT2D eigenvalue weighted by Crippen LogP contribution is 2.31. The molecule has 0 spiro atoms. The molecule has 0 fully saturated rings. The van der Waals surface area contributed by atoms with Crippen molar-refractivity contribution < 1.29 is 13.9 Å². The molecule has 5 heteroatoms. The molecule has 1 aromatic carbocycles. The van der Waals surface area contributed by atoms with Crippen molar-refractivity contribution in [1.29, 1.82) is 0 Å². The molecule has 0 aliphatic rings. The van der Waals surface area contributed by atoms with Gasteiger partial charge in [0.2, 0.25) is 0 Å². The van der Waals surface area contributed by atoms with Crippen molar-refractivity contribution in [2.45, 2.75) is 6.92 Å². The molecule has 0 atom stereocenters. The Kier molecular flexibility index (Phi) is 3.36. The molecule has 20 heavy (non-hydrogen) atoms. The van der Waals surface area contributed by atoms with Gasteiger partial charge in [0.25, 0.3) is 0 Å². The second kappa shape index (κ2) is 5.17. The van der Waals surface area contributed by atoms with Gasteiger partial charge in [0.05, 0.1) is 29.4 Å². The lowest BCUT2D eigenvalue weighted by molar-refractivity contribution is 0.103. The molecule has 1 N–H and O–H groups in total. The van der Waals surface area contributed by atoms with Crippen LogP contribution < -0.4 is 4.74 Å². The minimum absolute atomic E-state index is 0.107. The number of halogens is 1.